The summed E-state index contributed by atoms with van der Waals surface area (Å²) in [6.45, 7) is 7.24. The molecular weight excluding hydrogens is 392 g/mol. The first-order chi connectivity index (χ1) is 14.5. The van der Waals surface area contributed by atoms with E-state index in [1.807, 2.05) is 37.3 Å². The molecular formula is C25H34N2O2S. The second-order valence-electron chi connectivity index (χ2n) is 7.55. The molecule has 2 aromatic rings. The highest BCUT2D eigenvalue weighted by Crippen LogP contribution is 2.17. The maximum atomic E-state index is 13.2. The summed E-state index contributed by atoms with van der Waals surface area (Å²) in [6, 6.07) is 17.8. The molecule has 5 heteroatoms. The second kappa shape index (κ2) is 13.1. The molecule has 0 aliphatic heterocycles. The quantitative estimate of drug-likeness (QED) is 0.489. The standard InChI is InChI=1S/C25H34N2O2S/c1-4-6-16-26-25(29)23(5-2)27(17-21-10-8-7-9-11-21)24(28)19-30-18-22-14-12-20(3)13-15-22/h7-15,23H,4-6,16-19H2,1-3H3,(H,26,29)/t23-/m0/s1. The third kappa shape index (κ3) is 7.86. The number of rotatable bonds is 12. The average Bonchev–Trinajstić information content (AvgIpc) is 2.76. The Morgan fingerprint density at radius 3 is 2.33 bits per heavy atom. The molecule has 0 aromatic heterocycles. The van der Waals surface area contributed by atoms with Gasteiger partial charge in [-0.2, -0.15) is 0 Å². The Hall–Kier alpha value is -2.27. The van der Waals surface area contributed by atoms with Crippen LogP contribution in [-0.4, -0.2) is 35.1 Å². The molecule has 2 aromatic carbocycles. The van der Waals surface area contributed by atoms with Gasteiger partial charge in [-0.1, -0.05) is 80.4 Å². The molecule has 0 aliphatic carbocycles. The van der Waals surface area contributed by atoms with Crippen molar-refractivity contribution in [2.45, 2.75) is 58.4 Å². The van der Waals surface area contributed by atoms with Crippen LogP contribution < -0.4 is 5.32 Å². The van der Waals surface area contributed by atoms with Crippen LogP contribution >= 0.6 is 11.8 Å². The van der Waals surface area contributed by atoms with Crippen LogP contribution in [-0.2, 0) is 21.9 Å². The minimum absolute atomic E-state index is 0.00783. The molecule has 0 radical (unpaired) electrons. The maximum Gasteiger partial charge on any atom is 0.242 e. The molecule has 0 aliphatic rings. The highest BCUT2D eigenvalue weighted by molar-refractivity contribution is 7.99. The maximum absolute atomic E-state index is 13.2. The normalized spacial score (nSPS) is 11.7. The number of nitrogens with one attached hydrogen (secondary N) is 1. The van der Waals surface area contributed by atoms with Gasteiger partial charge in [0.25, 0.3) is 0 Å². The van der Waals surface area contributed by atoms with Gasteiger partial charge in [-0.15, -0.1) is 11.8 Å². The van der Waals surface area contributed by atoms with Gasteiger partial charge in [0.1, 0.15) is 6.04 Å². The molecule has 1 N–H and O–H groups in total. The molecule has 1 atom stereocenters. The fraction of sp³-hybridized carbons (Fsp3) is 0.440. The molecule has 0 spiro atoms. The lowest BCUT2D eigenvalue weighted by atomic mass is 10.1. The number of hydrogen-bond acceptors (Lipinski definition) is 3. The summed E-state index contributed by atoms with van der Waals surface area (Å²) in [4.78, 5) is 27.7. The van der Waals surface area contributed by atoms with Crippen LogP contribution in [0.15, 0.2) is 54.6 Å². The van der Waals surface area contributed by atoms with Crippen LogP contribution in [0.3, 0.4) is 0 Å². The Bertz CT molecular complexity index is 777. The van der Waals surface area contributed by atoms with Gasteiger partial charge < -0.3 is 10.2 Å². The lowest BCUT2D eigenvalue weighted by Gasteiger charge is -2.30. The van der Waals surface area contributed by atoms with Crippen molar-refractivity contribution in [2.24, 2.45) is 0 Å². The first kappa shape index (κ1) is 24.0. The van der Waals surface area contributed by atoms with Crippen molar-refractivity contribution < 1.29 is 9.59 Å². The number of aryl methyl sites for hydroxylation is 1. The minimum Gasteiger partial charge on any atom is -0.354 e. The Labute approximate surface area is 185 Å². The van der Waals surface area contributed by atoms with Crippen LogP contribution in [0.25, 0.3) is 0 Å². The third-order valence-electron chi connectivity index (χ3n) is 5.03. The zero-order valence-electron chi connectivity index (χ0n) is 18.4. The van der Waals surface area contributed by atoms with Gasteiger partial charge in [0.15, 0.2) is 0 Å². The SMILES string of the molecule is CCCCNC(=O)[C@H](CC)N(Cc1ccccc1)C(=O)CSCc1ccc(C)cc1. The number of hydrogen-bond donors (Lipinski definition) is 1. The van der Waals surface area contributed by atoms with Crippen LogP contribution in [0.1, 0.15) is 49.8 Å². The van der Waals surface area contributed by atoms with E-state index < -0.39 is 6.04 Å². The van der Waals surface area contributed by atoms with E-state index in [0.717, 1.165) is 24.2 Å². The molecule has 4 nitrogen and oxygen atoms in total. The predicted molar refractivity (Wildman–Crippen MR) is 126 cm³/mol. The third-order valence-corrected chi connectivity index (χ3v) is 6.01. The summed E-state index contributed by atoms with van der Waals surface area (Å²) >= 11 is 1.60. The van der Waals surface area contributed by atoms with Crippen LogP contribution in [0.5, 0.6) is 0 Å². The number of nitrogens with zero attached hydrogens (tertiary/aromatic N) is 1. The van der Waals surface area contributed by atoms with Crippen molar-refractivity contribution in [1.82, 2.24) is 10.2 Å². The highest BCUT2D eigenvalue weighted by Gasteiger charge is 2.28. The summed E-state index contributed by atoms with van der Waals surface area (Å²) in [5.41, 5.74) is 3.47. The summed E-state index contributed by atoms with van der Waals surface area (Å²) in [5, 5.41) is 3.00. The molecule has 162 valence electrons. The number of benzene rings is 2. The molecule has 0 heterocycles. The smallest absolute Gasteiger partial charge is 0.242 e. The van der Waals surface area contributed by atoms with E-state index in [0.29, 0.717) is 25.3 Å². The van der Waals surface area contributed by atoms with Gasteiger partial charge in [-0.3, -0.25) is 9.59 Å². The van der Waals surface area contributed by atoms with Crippen molar-refractivity contribution in [2.75, 3.05) is 12.3 Å². The molecule has 0 bridgehead atoms. The lowest BCUT2D eigenvalue weighted by molar-refractivity contribution is -0.139. The topological polar surface area (TPSA) is 49.4 Å². The summed E-state index contributed by atoms with van der Waals surface area (Å²) in [7, 11) is 0. The van der Waals surface area contributed by atoms with E-state index in [2.05, 4.69) is 43.4 Å². The van der Waals surface area contributed by atoms with Crippen LogP contribution in [0, 0.1) is 6.92 Å². The van der Waals surface area contributed by atoms with Crippen molar-refractivity contribution in [3.8, 4) is 0 Å². The van der Waals surface area contributed by atoms with E-state index in [4.69, 9.17) is 0 Å². The Kier molecular flexibility index (Phi) is 10.5. The van der Waals surface area contributed by atoms with Crippen molar-refractivity contribution in [1.29, 1.82) is 0 Å². The van der Waals surface area contributed by atoms with Gasteiger partial charge in [0.05, 0.1) is 5.75 Å². The zero-order chi connectivity index (χ0) is 21.8. The number of thioether (sulfide) groups is 1. The molecule has 0 saturated carbocycles. The highest BCUT2D eigenvalue weighted by atomic mass is 32.2. The van der Waals surface area contributed by atoms with Crippen molar-refractivity contribution in [3.63, 3.8) is 0 Å². The van der Waals surface area contributed by atoms with Gasteiger partial charge in [-0.25, -0.2) is 0 Å². The number of carbonyl (C=O) groups excluding carboxylic acids is 2. The monoisotopic (exact) mass is 426 g/mol. The fourth-order valence-electron chi connectivity index (χ4n) is 3.23. The van der Waals surface area contributed by atoms with E-state index >= 15 is 0 Å². The molecule has 2 rings (SSSR count). The Morgan fingerprint density at radius 1 is 1.00 bits per heavy atom. The number of unbranched alkanes of at least 4 members (excludes halogenated alkanes) is 1. The van der Waals surface area contributed by atoms with Gasteiger partial charge in [-0.05, 0) is 30.9 Å². The van der Waals surface area contributed by atoms with Crippen molar-refractivity contribution in [3.05, 3.63) is 71.3 Å². The predicted octanol–water partition coefficient (Wildman–Crippen LogP) is 4.95. The minimum atomic E-state index is -0.450. The van der Waals surface area contributed by atoms with Crippen LogP contribution in [0.2, 0.25) is 0 Å². The van der Waals surface area contributed by atoms with Gasteiger partial charge >= 0.3 is 0 Å². The number of amides is 2. The molecule has 0 unspecified atom stereocenters. The second-order valence-corrected chi connectivity index (χ2v) is 8.54. The first-order valence-corrected chi connectivity index (χ1v) is 11.9. The van der Waals surface area contributed by atoms with E-state index in [1.165, 1.54) is 11.1 Å². The average molecular weight is 427 g/mol. The summed E-state index contributed by atoms with van der Waals surface area (Å²) < 4.78 is 0. The summed E-state index contributed by atoms with van der Waals surface area (Å²) in [6.07, 6.45) is 2.57. The van der Waals surface area contributed by atoms with E-state index in [9.17, 15) is 9.59 Å². The van der Waals surface area contributed by atoms with E-state index in [-0.39, 0.29) is 11.8 Å². The molecule has 30 heavy (non-hydrogen) atoms. The van der Waals surface area contributed by atoms with Gasteiger partial charge in [0, 0.05) is 18.8 Å². The largest absolute Gasteiger partial charge is 0.354 e. The van der Waals surface area contributed by atoms with Crippen LogP contribution in [0.4, 0.5) is 0 Å². The molecule has 2 amide bonds. The van der Waals surface area contributed by atoms with Gasteiger partial charge in [0.2, 0.25) is 11.8 Å². The number of carbonyl (C=O) groups is 2. The Morgan fingerprint density at radius 2 is 1.70 bits per heavy atom. The molecule has 0 fully saturated rings. The lowest BCUT2D eigenvalue weighted by Crippen LogP contribution is -2.49. The van der Waals surface area contributed by atoms with Crippen molar-refractivity contribution >= 4 is 23.6 Å². The fourth-order valence-corrected chi connectivity index (χ4v) is 4.10. The summed E-state index contributed by atoms with van der Waals surface area (Å²) in [5.74, 6) is 1.09. The first-order valence-electron chi connectivity index (χ1n) is 10.8. The molecule has 0 saturated heterocycles. The zero-order valence-corrected chi connectivity index (χ0v) is 19.2. The van der Waals surface area contributed by atoms with E-state index in [1.54, 1.807) is 16.7 Å². The Balaban J connectivity index is 2.05.